The Labute approximate surface area is 205 Å². The monoisotopic (exact) mass is 497 g/mol. The van der Waals surface area contributed by atoms with Crippen LogP contribution in [-0.2, 0) is 33.3 Å². The average molecular weight is 497 g/mol. The fourth-order valence-corrected chi connectivity index (χ4v) is 3.82. The molecule has 3 aliphatic heterocycles. The van der Waals surface area contributed by atoms with Crippen molar-refractivity contribution >= 4 is 29.6 Å². The largest absolute Gasteiger partial charge is 0.463 e. The highest BCUT2D eigenvalue weighted by Gasteiger charge is 2.51. The molecule has 1 aromatic carbocycles. The van der Waals surface area contributed by atoms with Crippen molar-refractivity contribution in [3.63, 3.8) is 0 Å². The number of nitrogens with zero attached hydrogens (tertiary/aromatic N) is 4. The summed E-state index contributed by atoms with van der Waals surface area (Å²) in [6, 6.07) is 8.47. The second-order valence-corrected chi connectivity index (χ2v) is 7.88. The van der Waals surface area contributed by atoms with Crippen LogP contribution in [0, 0.1) is 0 Å². The minimum atomic E-state index is -1.17. The van der Waals surface area contributed by atoms with E-state index in [0.717, 1.165) is 0 Å². The zero-order valence-corrected chi connectivity index (χ0v) is 19.6. The minimum Gasteiger partial charge on any atom is -0.463 e. The normalized spacial score (nSPS) is 21.1. The van der Waals surface area contributed by atoms with E-state index in [1.165, 1.54) is 38.0 Å². The minimum absolute atomic E-state index is 0.156. The van der Waals surface area contributed by atoms with Gasteiger partial charge in [-0.15, -0.1) is 0 Å². The lowest BCUT2D eigenvalue weighted by atomic mass is 10.1. The predicted molar refractivity (Wildman–Crippen MR) is 120 cm³/mol. The van der Waals surface area contributed by atoms with Gasteiger partial charge in [0.15, 0.2) is 30.0 Å². The van der Waals surface area contributed by atoms with E-state index in [0.29, 0.717) is 5.56 Å². The average Bonchev–Trinajstić information content (AvgIpc) is 3.43. The van der Waals surface area contributed by atoms with Crippen LogP contribution in [-0.4, -0.2) is 68.3 Å². The van der Waals surface area contributed by atoms with Gasteiger partial charge in [-0.3, -0.25) is 23.7 Å². The van der Waals surface area contributed by atoms with Crippen LogP contribution in [0.4, 0.5) is 5.82 Å². The van der Waals surface area contributed by atoms with Crippen LogP contribution in [0.1, 0.15) is 37.4 Å². The lowest BCUT2D eigenvalue weighted by molar-refractivity contribution is -0.166. The standard InChI is InChI=1S/C23H23N5O8/c1-12(29)33-9-16-18(34-13(2)30)19(35-14(3)31)23(36-16)28-11-26-20-17(24-10-25-20)21(28)27-22(32)15-7-5-4-6-8-15/h4-8,10-11,16,18-19,23H,9H2,1-3H3,(H,27,32)/t16-,18+,19-,23-/m1/s1. The number of amides is 1. The SMILES string of the molecule is CC(=O)OC[C@H]1O[C@@H](n2cnc3ncnc-3c2NC(=O)c2ccccc2)[C@H](OC(C)=O)[C@H]1OC(C)=O. The van der Waals surface area contributed by atoms with E-state index >= 15 is 0 Å². The highest BCUT2D eigenvalue weighted by Crippen LogP contribution is 2.38. The fraction of sp³-hybridized carbons (Fsp3) is 0.348. The lowest BCUT2D eigenvalue weighted by Crippen LogP contribution is -2.40. The third-order valence-corrected chi connectivity index (χ3v) is 5.25. The maximum absolute atomic E-state index is 13.0. The number of carbonyl (C=O) groups is 4. The van der Waals surface area contributed by atoms with Crippen LogP contribution in [0.15, 0.2) is 43.0 Å². The smallest absolute Gasteiger partial charge is 0.303 e. The highest BCUT2D eigenvalue weighted by atomic mass is 16.7. The van der Waals surface area contributed by atoms with Crippen molar-refractivity contribution in [3.8, 4) is 11.5 Å². The molecule has 1 N–H and O–H groups in total. The highest BCUT2D eigenvalue weighted by molar-refractivity contribution is 6.05. The van der Waals surface area contributed by atoms with E-state index in [4.69, 9.17) is 18.9 Å². The second kappa shape index (κ2) is 10.5. The quantitative estimate of drug-likeness (QED) is 0.370. The molecule has 4 atom stereocenters. The maximum Gasteiger partial charge on any atom is 0.303 e. The predicted octanol–water partition coefficient (Wildman–Crippen LogP) is 1.35. The summed E-state index contributed by atoms with van der Waals surface area (Å²) in [5, 5.41) is 2.80. The van der Waals surface area contributed by atoms with Crippen LogP contribution in [0.5, 0.6) is 0 Å². The number of benzene rings is 1. The van der Waals surface area contributed by atoms with Crippen LogP contribution < -0.4 is 5.32 Å². The topological polar surface area (TPSA) is 161 Å². The van der Waals surface area contributed by atoms with Gasteiger partial charge in [-0.25, -0.2) is 15.0 Å². The zero-order chi connectivity index (χ0) is 25.8. The van der Waals surface area contributed by atoms with Gasteiger partial charge in [-0.2, -0.15) is 0 Å². The molecule has 13 nitrogen and oxygen atoms in total. The van der Waals surface area contributed by atoms with Gasteiger partial charge in [0.1, 0.15) is 31.2 Å². The third-order valence-electron chi connectivity index (χ3n) is 5.25. The van der Waals surface area contributed by atoms with Gasteiger partial charge in [0.05, 0.1) is 0 Å². The Kier molecular flexibility index (Phi) is 7.20. The molecule has 0 unspecified atom stereocenters. The molecule has 1 saturated heterocycles. The summed E-state index contributed by atoms with van der Waals surface area (Å²) in [6.07, 6.45) is -1.81. The molecular formula is C23H23N5O8. The first-order valence-electron chi connectivity index (χ1n) is 10.9. The molecular weight excluding hydrogens is 474 g/mol. The Hall–Kier alpha value is -4.39. The molecule has 3 heterocycles. The van der Waals surface area contributed by atoms with E-state index in [9.17, 15) is 19.2 Å². The first kappa shape index (κ1) is 24.7. The summed E-state index contributed by atoms with van der Waals surface area (Å²) in [7, 11) is 0. The summed E-state index contributed by atoms with van der Waals surface area (Å²) in [5.41, 5.74) is 0.627. The number of imidazole rings is 1. The molecule has 4 rings (SSSR count). The molecule has 1 fully saturated rings. The van der Waals surface area contributed by atoms with Crippen molar-refractivity contribution in [2.24, 2.45) is 0 Å². The van der Waals surface area contributed by atoms with Crippen LogP contribution in [0.3, 0.4) is 0 Å². The van der Waals surface area contributed by atoms with Crippen molar-refractivity contribution in [3.05, 3.63) is 48.5 Å². The Morgan fingerprint density at radius 2 is 1.64 bits per heavy atom. The molecule has 0 spiro atoms. The number of fused-ring (bicyclic) bond motifs is 1. The van der Waals surface area contributed by atoms with Gasteiger partial charge in [-0.05, 0) is 12.1 Å². The van der Waals surface area contributed by atoms with Crippen LogP contribution in [0.2, 0.25) is 0 Å². The molecule has 36 heavy (non-hydrogen) atoms. The van der Waals surface area contributed by atoms with Crippen LogP contribution >= 0.6 is 0 Å². The van der Waals surface area contributed by atoms with Crippen molar-refractivity contribution in [1.29, 1.82) is 0 Å². The Bertz CT molecular complexity index is 1250. The van der Waals surface area contributed by atoms with Gasteiger partial charge in [0.25, 0.3) is 5.91 Å². The summed E-state index contributed by atoms with van der Waals surface area (Å²) in [5.74, 6) is -1.95. The van der Waals surface area contributed by atoms with Gasteiger partial charge in [0, 0.05) is 26.3 Å². The summed E-state index contributed by atoms with van der Waals surface area (Å²) in [6.45, 7) is 3.31. The lowest BCUT2D eigenvalue weighted by Gasteiger charge is -2.26. The number of rotatable bonds is 7. The fourth-order valence-electron chi connectivity index (χ4n) is 3.82. The second-order valence-electron chi connectivity index (χ2n) is 7.88. The first-order valence-corrected chi connectivity index (χ1v) is 10.9. The van der Waals surface area contributed by atoms with E-state index in [2.05, 4.69) is 20.3 Å². The van der Waals surface area contributed by atoms with E-state index < -0.39 is 48.4 Å². The Morgan fingerprint density at radius 1 is 0.944 bits per heavy atom. The number of esters is 3. The summed E-state index contributed by atoms with van der Waals surface area (Å²) < 4.78 is 23.4. The van der Waals surface area contributed by atoms with Crippen molar-refractivity contribution in [1.82, 2.24) is 19.5 Å². The number of nitrogens with one attached hydrogen (secondary N) is 1. The first-order chi connectivity index (χ1) is 17.2. The third kappa shape index (κ3) is 5.30. The maximum atomic E-state index is 13.0. The molecule has 0 saturated carbocycles. The number of anilines is 1. The molecule has 1 aromatic rings. The number of aromatic nitrogens is 4. The Balaban J connectivity index is 1.77. The number of carbonyl (C=O) groups excluding carboxylic acids is 4. The number of ether oxygens (including phenoxy) is 4. The molecule has 0 aromatic heterocycles. The molecule has 1 amide bonds. The van der Waals surface area contributed by atoms with Crippen molar-refractivity contribution < 1.29 is 38.1 Å². The molecule has 0 radical (unpaired) electrons. The molecule has 13 heteroatoms. The molecule has 0 bridgehead atoms. The molecule has 3 aliphatic rings. The Morgan fingerprint density at radius 3 is 2.31 bits per heavy atom. The van der Waals surface area contributed by atoms with Crippen molar-refractivity contribution in [2.75, 3.05) is 11.9 Å². The van der Waals surface area contributed by atoms with E-state index in [1.807, 2.05) is 0 Å². The zero-order valence-electron chi connectivity index (χ0n) is 19.6. The summed E-state index contributed by atoms with van der Waals surface area (Å²) in [4.78, 5) is 60.8. The van der Waals surface area contributed by atoms with Gasteiger partial charge >= 0.3 is 17.9 Å². The summed E-state index contributed by atoms with van der Waals surface area (Å²) >= 11 is 0. The van der Waals surface area contributed by atoms with E-state index in [-0.39, 0.29) is 23.9 Å². The van der Waals surface area contributed by atoms with E-state index in [1.54, 1.807) is 30.3 Å². The van der Waals surface area contributed by atoms with Gasteiger partial charge in [0.2, 0.25) is 0 Å². The molecule has 188 valence electrons. The molecule has 0 aliphatic carbocycles. The van der Waals surface area contributed by atoms with Crippen LogP contribution in [0.25, 0.3) is 11.5 Å². The van der Waals surface area contributed by atoms with Gasteiger partial charge in [-0.1, -0.05) is 18.2 Å². The number of hydrogen-bond donors (Lipinski definition) is 1. The number of hydrogen-bond acceptors (Lipinski definition) is 11. The van der Waals surface area contributed by atoms with Gasteiger partial charge < -0.3 is 24.3 Å². The van der Waals surface area contributed by atoms with Crippen molar-refractivity contribution in [2.45, 2.75) is 45.3 Å².